The van der Waals surface area contributed by atoms with Gasteiger partial charge in [-0.25, -0.2) is 0 Å². The van der Waals surface area contributed by atoms with Gasteiger partial charge >= 0.3 is 0 Å². The fourth-order valence-electron chi connectivity index (χ4n) is 14.8. The second kappa shape index (κ2) is 14.2. The van der Waals surface area contributed by atoms with E-state index < -0.39 is 10.8 Å². The van der Waals surface area contributed by atoms with E-state index in [2.05, 4.69) is 266 Å². The van der Waals surface area contributed by atoms with E-state index in [4.69, 9.17) is 0 Å². The summed E-state index contributed by atoms with van der Waals surface area (Å²) in [5.41, 5.74) is 24.0. The Hall–Kier alpha value is -9.30. The SMILES string of the molecule is c1ccc(N(c2ccc3c4c(ccc3c2)-c2c(ccc3ccccc23)C42c3ccccc3-c3ccccc32)c2ccc3c4c(ccc3c2)-c2c(ccc3ccccc23)C42c3ccccc3-c3ccccc32)cc1. The Bertz CT molecular complexity index is 4210. The third-order valence-corrected chi connectivity index (χ3v) is 17.4. The van der Waals surface area contributed by atoms with Crippen molar-refractivity contribution in [1.29, 1.82) is 0 Å². The molecule has 336 valence electrons. The van der Waals surface area contributed by atoms with Gasteiger partial charge in [0.2, 0.25) is 0 Å². The standard InChI is InChI=1S/C72H43N/c1-2-18-48(19-3-1)73(49-34-38-53-46(42-49)30-36-59-67-51-20-6-4-16-44(51)32-40-65(67)71(69(53)59)61-26-12-8-22-55(61)56-23-9-13-27-62(56)71)50-35-39-54-47(43-50)31-37-60-68-52-21-7-5-17-45(52)33-41-66(68)72(70(54)60)63-28-14-10-24-57(63)58-25-11-15-29-64(58)72/h1-43H. The van der Waals surface area contributed by atoms with Gasteiger partial charge in [-0.15, -0.1) is 0 Å². The van der Waals surface area contributed by atoms with Gasteiger partial charge in [0.25, 0.3) is 0 Å². The largest absolute Gasteiger partial charge is 0.310 e. The summed E-state index contributed by atoms with van der Waals surface area (Å²) in [4.78, 5) is 2.45. The summed E-state index contributed by atoms with van der Waals surface area (Å²) in [5.74, 6) is 0. The molecule has 0 heterocycles. The fourth-order valence-corrected chi connectivity index (χ4v) is 14.8. The molecule has 0 fully saturated rings. The molecule has 0 saturated heterocycles. The summed E-state index contributed by atoms with van der Waals surface area (Å²) in [6, 6.07) is 98.9. The van der Waals surface area contributed by atoms with Gasteiger partial charge in [0, 0.05) is 17.1 Å². The van der Waals surface area contributed by atoms with Gasteiger partial charge in [0.15, 0.2) is 0 Å². The van der Waals surface area contributed by atoms with Gasteiger partial charge < -0.3 is 4.90 Å². The van der Waals surface area contributed by atoms with E-state index in [0.29, 0.717) is 0 Å². The Morgan fingerprint density at radius 3 is 1.03 bits per heavy atom. The van der Waals surface area contributed by atoms with Crippen molar-refractivity contribution in [3.8, 4) is 44.5 Å². The van der Waals surface area contributed by atoms with Gasteiger partial charge in [0.1, 0.15) is 0 Å². The Labute approximate surface area is 423 Å². The molecular formula is C72H43N. The van der Waals surface area contributed by atoms with Gasteiger partial charge in [-0.2, -0.15) is 0 Å². The lowest BCUT2D eigenvalue weighted by molar-refractivity contribution is 0.802. The van der Waals surface area contributed by atoms with Crippen molar-refractivity contribution in [2.45, 2.75) is 10.8 Å². The smallest absolute Gasteiger partial charge is 0.0731 e. The number of fused-ring (bicyclic) bond motifs is 28. The minimum Gasteiger partial charge on any atom is -0.310 e. The molecule has 1 heteroatoms. The molecule has 13 aromatic rings. The first-order valence-corrected chi connectivity index (χ1v) is 25.7. The van der Waals surface area contributed by atoms with Crippen LogP contribution < -0.4 is 4.90 Å². The molecule has 73 heavy (non-hydrogen) atoms. The molecule has 0 aromatic heterocycles. The van der Waals surface area contributed by atoms with E-state index in [1.165, 1.54) is 132 Å². The van der Waals surface area contributed by atoms with Crippen molar-refractivity contribution in [3.63, 3.8) is 0 Å². The minimum absolute atomic E-state index is 0.468. The van der Waals surface area contributed by atoms with E-state index in [1.54, 1.807) is 0 Å². The summed E-state index contributed by atoms with van der Waals surface area (Å²) in [7, 11) is 0. The van der Waals surface area contributed by atoms with Crippen LogP contribution >= 0.6 is 0 Å². The highest BCUT2D eigenvalue weighted by molar-refractivity contribution is 6.13. The maximum absolute atomic E-state index is 2.45. The Morgan fingerprint density at radius 1 is 0.219 bits per heavy atom. The average molecular weight is 922 g/mol. The van der Waals surface area contributed by atoms with Crippen LogP contribution in [0.3, 0.4) is 0 Å². The quantitative estimate of drug-likeness (QED) is 0.171. The van der Waals surface area contributed by atoms with Crippen molar-refractivity contribution in [2.24, 2.45) is 0 Å². The summed E-state index contributed by atoms with van der Waals surface area (Å²) in [5, 5.41) is 10.2. The molecule has 0 atom stereocenters. The van der Waals surface area contributed by atoms with E-state index in [-0.39, 0.29) is 0 Å². The van der Waals surface area contributed by atoms with Crippen molar-refractivity contribution in [3.05, 3.63) is 305 Å². The average Bonchev–Trinajstić information content (AvgIpc) is 4.17. The molecular weight excluding hydrogens is 879 g/mol. The first kappa shape index (κ1) is 39.4. The number of rotatable bonds is 3. The molecule has 0 bridgehead atoms. The fraction of sp³-hybridized carbons (Fsp3) is 0.0278. The maximum Gasteiger partial charge on any atom is 0.0731 e. The summed E-state index contributed by atoms with van der Waals surface area (Å²) >= 11 is 0. The Kier molecular flexibility index (Phi) is 7.66. The lowest BCUT2D eigenvalue weighted by atomic mass is 9.69. The minimum atomic E-state index is -0.468. The van der Waals surface area contributed by atoms with Crippen molar-refractivity contribution in [1.82, 2.24) is 0 Å². The van der Waals surface area contributed by atoms with E-state index in [0.717, 1.165) is 17.1 Å². The van der Waals surface area contributed by atoms with Crippen LogP contribution in [0.25, 0.3) is 87.6 Å². The number of benzene rings is 13. The predicted octanol–water partition coefficient (Wildman–Crippen LogP) is 18.5. The molecule has 4 aliphatic carbocycles. The van der Waals surface area contributed by atoms with Crippen molar-refractivity contribution >= 4 is 60.2 Å². The molecule has 2 spiro atoms. The number of hydrogen-bond acceptors (Lipinski definition) is 1. The molecule has 0 saturated carbocycles. The summed E-state index contributed by atoms with van der Waals surface area (Å²) in [6.07, 6.45) is 0. The predicted molar refractivity (Wildman–Crippen MR) is 304 cm³/mol. The van der Waals surface area contributed by atoms with Crippen molar-refractivity contribution in [2.75, 3.05) is 4.90 Å². The highest BCUT2D eigenvalue weighted by Crippen LogP contribution is 2.67. The van der Waals surface area contributed by atoms with Crippen molar-refractivity contribution < 1.29 is 0 Å². The molecule has 0 unspecified atom stereocenters. The lowest BCUT2D eigenvalue weighted by Crippen LogP contribution is -2.26. The van der Waals surface area contributed by atoms with Gasteiger partial charge in [0.05, 0.1) is 10.8 Å². The van der Waals surface area contributed by atoms with Crippen LogP contribution in [0.5, 0.6) is 0 Å². The Balaban J connectivity index is 0.894. The molecule has 13 aromatic carbocycles. The van der Waals surface area contributed by atoms with Crippen LogP contribution in [0.2, 0.25) is 0 Å². The van der Waals surface area contributed by atoms with Crippen LogP contribution in [0.4, 0.5) is 17.1 Å². The summed E-state index contributed by atoms with van der Waals surface area (Å²) in [6.45, 7) is 0. The zero-order valence-electron chi connectivity index (χ0n) is 39.8. The second-order valence-corrected chi connectivity index (χ2v) is 20.6. The molecule has 0 radical (unpaired) electrons. The molecule has 0 amide bonds. The zero-order chi connectivity index (χ0) is 47.6. The maximum atomic E-state index is 2.45. The highest BCUT2D eigenvalue weighted by atomic mass is 15.1. The van der Waals surface area contributed by atoms with Crippen LogP contribution in [-0.4, -0.2) is 0 Å². The van der Waals surface area contributed by atoms with Crippen LogP contribution in [0, 0.1) is 0 Å². The van der Waals surface area contributed by atoms with Crippen LogP contribution in [0.15, 0.2) is 261 Å². The molecule has 0 aliphatic heterocycles. The van der Waals surface area contributed by atoms with Gasteiger partial charge in [-0.3, -0.25) is 0 Å². The number of nitrogens with zero attached hydrogens (tertiary/aromatic N) is 1. The number of para-hydroxylation sites is 1. The third-order valence-electron chi connectivity index (χ3n) is 17.4. The van der Waals surface area contributed by atoms with E-state index >= 15 is 0 Å². The lowest BCUT2D eigenvalue weighted by Gasteiger charge is -2.32. The highest BCUT2D eigenvalue weighted by Gasteiger charge is 2.54. The van der Waals surface area contributed by atoms with E-state index in [1.807, 2.05) is 0 Å². The molecule has 4 aliphatic rings. The molecule has 0 N–H and O–H groups in total. The summed E-state index contributed by atoms with van der Waals surface area (Å²) < 4.78 is 0. The first-order valence-electron chi connectivity index (χ1n) is 25.7. The first-order chi connectivity index (χ1) is 36.2. The molecule has 1 nitrogen and oxygen atoms in total. The van der Waals surface area contributed by atoms with Gasteiger partial charge in [-0.1, -0.05) is 224 Å². The van der Waals surface area contributed by atoms with Crippen LogP contribution in [0.1, 0.15) is 44.5 Å². The Morgan fingerprint density at radius 2 is 0.589 bits per heavy atom. The van der Waals surface area contributed by atoms with E-state index in [9.17, 15) is 0 Å². The van der Waals surface area contributed by atoms with Gasteiger partial charge in [-0.05, 0) is 169 Å². The second-order valence-electron chi connectivity index (χ2n) is 20.6. The van der Waals surface area contributed by atoms with Crippen LogP contribution in [-0.2, 0) is 10.8 Å². The number of anilines is 3. The zero-order valence-corrected chi connectivity index (χ0v) is 39.8. The third kappa shape index (κ3) is 4.83. The monoisotopic (exact) mass is 921 g/mol. The number of hydrogen-bond donors (Lipinski definition) is 0. The topological polar surface area (TPSA) is 3.24 Å². The molecule has 17 rings (SSSR count). The normalized spacial score (nSPS) is 14.2.